The molecule has 1 aromatic carbocycles. The fourth-order valence-corrected chi connectivity index (χ4v) is 2.79. The molecule has 18 heavy (non-hydrogen) atoms. The number of nitrogens with one attached hydrogen (secondary N) is 1. The molecule has 0 atom stereocenters. The van der Waals surface area contributed by atoms with Crippen LogP contribution in [0.2, 0.25) is 0 Å². The maximum atomic E-state index is 12.3. The summed E-state index contributed by atoms with van der Waals surface area (Å²) in [7, 11) is 1.88. The van der Waals surface area contributed by atoms with E-state index >= 15 is 0 Å². The average Bonchev–Trinajstić information content (AvgIpc) is 2.66. The van der Waals surface area contributed by atoms with E-state index in [1.165, 1.54) is 22.1 Å². The van der Waals surface area contributed by atoms with Gasteiger partial charge in [-0.3, -0.25) is 4.79 Å². The van der Waals surface area contributed by atoms with Crippen molar-refractivity contribution in [1.29, 1.82) is 0 Å². The third-order valence-electron chi connectivity index (χ3n) is 4.09. The number of rotatable bonds is 0. The zero-order valence-corrected chi connectivity index (χ0v) is 11.1. The summed E-state index contributed by atoms with van der Waals surface area (Å²) in [6, 6.07) is 4.29. The molecule has 0 unspecified atom stereocenters. The van der Waals surface area contributed by atoms with Gasteiger partial charge >= 0.3 is 0 Å². The van der Waals surface area contributed by atoms with Gasteiger partial charge in [0, 0.05) is 24.5 Å². The Morgan fingerprint density at radius 2 is 2.06 bits per heavy atom. The number of H-pyrrole nitrogens is 1. The maximum Gasteiger partial charge on any atom is 0.270 e. The molecule has 0 bridgehead atoms. The molecule has 0 saturated heterocycles. The van der Waals surface area contributed by atoms with E-state index in [2.05, 4.69) is 31.0 Å². The van der Waals surface area contributed by atoms with Crippen molar-refractivity contribution in [2.24, 2.45) is 0 Å². The highest BCUT2D eigenvalue weighted by molar-refractivity contribution is 6.02. The van der Waals surface area contributed by atoms with Gasteiger partial charge in [-0.15, -0.1) is 0 Å². The molecular formula is C15H18N2O. The van der Waals surface area contributed by atoms with E-state index in [1.807, 2.05) is 11.9 Å². The number of carbonyl (C=O) groups excluding carboxylic acids is 1. The standard InChI is InChI=1S/C15H18N2O/c1-9-6-7-12-11-5-4-8-17(3)15(18)14(11)16-13(12)10(9)2/h6-7,16H,4-5,8H2,1-3H3. The number of aromatic amines is 1. The number of benzene rings is 1. The van der Waals surface area contributed by atoms with Crippen LogP contribution in [0, 0.1) is 13.8 Å². The first-order valence-electron chi connectivity index (χ1n) is 6.46. The smallest absolute Gasteiger partial charge is 0.270 e. The van der Waals surface area contributed by atoms with E-state index in [0.717, 1.165) is 30.6 Å². The van der Waals surface area contributed by atoms with Crippen LogP contribution >= 0.6 is 0 Å². The molecule has 1 aromatic heterocycles. The van der Waals surface area contributed by atoms with Crippen LogP contribution in [0.25, 0.3) is 10.9 Å². The molecular weight excluding hydrogens is 224 g/mol. The van der Waals surface area contributed by atoms with Crippen LogP contribution in [0.5, 0.6) is 0 Å². The van der Waals surface area contributed by atoms with Crippen molar-refractivity contribution in [2.45, 2.75) is 26.7 Å². The molecule has 1 amide bonds. The SMILES string of the molecule is Cc1ccc2c3c([nH]c2c1C)C(=O)N(C)CCC3. The third-order valence-corrected chi connectivity index (χ3v) is 4.09. The molecule has 0 radical (unpaired) electrons. The molecule has 3 heteroatoms. The summed E-state index contributed by atoms with van der Waals surface area (Å²) in [5.74, 6) is 0.121. The normalized spacial score (nSPS) is 15.9. The number of hydrogen-bond donors (Lipinski definition) is 1. The zero-order valence-electron chi connectivity index (χ0n) is 11.1. The summed E-state index contributed by atoms with van der Waals surface area (Å²) in [6.07, 6.45) is 2.02. The lowest BCUT2D eigenvalue weighted by Crippen LogP contribution is -2.26. The van der Waals surface area contributed by atoms with Crippen LogP contribution in [-0.2, 0) is 6.42 Å². The lowest BCUT2D eigenvalue weighted by molar-refractivity contribution is 0.0795. The van der Waals surface area contributed by atoms with Crippen LogP contribution in [0.15, 0.2) is 12.1 Å². The van der Waals surface area contributed by atoms with Gasteiger partial charge in [-0.1, -0.05) is 12.1 Å². The molecule has 1 aliphatic heterocycles. The first kappa shape index (κ1) is 11.3. The van der Waals surface area contributed by atoms with E-state index in [-0.39, 0.29) is 5.91 Å². The van der Waals surface area contributed by atoms with Gasteiger partial charge in [-0.2, -0.15) is 0 Å². The molecule has 2 aromatic rings. The number of aromatic nitrogens is 1. The summed E-state index contributed by atoms with van der Waals surface area (Å²) in [6.45, 7) is 5.06. The highest BCUT2D eigenvalue weighted by Gasteiger charge is 2.24. The van der Waals surface area contributed by atoms with Crippen LogP contribution in [0.1, 0.15) is 33.6 Å². The van der Waals surface area contributed by atoms with E-state index in [0.29, 0.717) is 0 Å². The highest BCUT2D eigenvalue weighted by atomic mass is 16.2. The molecule has 3 nitrogen and oxygen atoms in total. The van der Waals surface area contributed by atoms with E-state index in [9.17, 15) is 4.79 Å². The Kier molecular flexibility index (Phi) is 2.44. The van der Waals surface area contributed by atoms with Crippen molar-refractivity contribution in [3.8, 4) is 0 Å². The highest BCUT2D eigenvalue weighted by Crippen LogP contribution is 2.30. The molecule has 2 heterocycles. The zero-order chi connectivity index (χ0) is 12.9. The fraction of sp³-hybridized carbons (Fsp3) is 0.400. The Hall–Kier alpha value is -1.77. The molecule has 0 spiro atoms. The van der Waals surface area contributed by atoms with Gasteiger partial charge in [0.2, 0.25) is 0 Å². The van der Waals surface area contributed by atoms with E-state index in [4.69, 9.17) is 0 Å². The quantitative estimate of drug-likeness (QED) is 0.757. The summed E-state index contributed by atoms with van der Waals surface area (Å²) in [5.41, 5.74) is 5.63. The maximum absolute atomic E-state index is 12.3. The van der Waals surface area contributed by atoms with Crippen molar-refractivity contribution in [3.05, 3.63) is 34.5 Å². The monoisotopic (exact) mass is 242 g/mol. The van der Waals surface area contributed by atoms with Crippen LogP contribution in [0.4, 0.5) is 0 Å². The van der Waals surface area contributed by atoms with Crippen LogP contribution in [0.3, 0.4) is 0 Å². The van der Waals surface area contributed by atoms with Gasteiger partial charge in [0.15, 0.2) is 0 Å². The van der Waals surface area contributed by atoms with Gasteiger partial charge in [0.25, 0.3) is 5.91 Å². The van der Waals surface area contributed by atoms with Gasteiger partial charge < -0.3 is 9.88 Å². The van der Waals surface area contributed by atoms with E-state index in [1.54, 1.807) is 0 Å². The van der Waals surface area contributed by atoms with Gasteiger partial charge in [-0.25, -0.2) is 0 Å². The van der Waals surface area contributed by atoms with Crippen molar-refractivity contribution < 1.29 is 4.79 Å². The predicted molar refractivity (Wildman–Crippen MR) is 73.1 cm³/mol. The Morgan fingerprint density at radius 3 is 2.83 bits per heavy atom. The first-order valence-corrected chi connectivity index (χ1v) is 6.46. The third kappa shape index (κ3) is 1.47. The number of amides is 1. The Morgan fingerprint density at radius 1 is 1.28 bits per heavy atom. The Balaban J connectivity index is 2.31. The second-order valence-corrected chi connectivity index (χ2v) is 5.24. The van der Waals surface area contributed by atoms with Crippen molar-refractivity contribution in [2.75, 3.05) is 13.6 Å². The number of carbonyl (C=O) groups is 1. The largest absolute Gasteiger partial charge is 0.350 e. The van der Waals surface area contributed by atoms with Crippen molar-refractivity contribution in [3.63, 3.8) is 0 Å². The Labute approximate surface area is 107 Å². The number of aryl methyl sites for hydroxylation is 3. The molecule has 0 aliphatic carbocycles. The molecule has 3 rings (SSSR count). The number of nitrogens with zero attached hydrogens (tertiary/aromatic N) is 1. The van der Waals surface area contributed by atoms with Crippen molar-refractivity contribution in [1.82, 2.24) is 9.88 Å². The second-order valence-electron chi connectivity index (χ2n) is 5.24. The summed E-state index contributed by atoms with van der Waals surface area (Å²) in [5, 5.41) is 1.22. The minimum absolute atomic E-state index is 0.121. The topological polar surface area (TPSA) is 36.1 Å². The fourth-order valence-electron chi connectivity index (χ4n) is 2.79. The Bertz CT molecular complexity index is 639. The molecule has 1 N–H and O–H groups in total. The number of hydrogen-bond acceptors (Lipinski definition) is 1. The lowest BCUT2D eigenvalue weighted by atomic mass is 10.0. The average molecular weight is 242 g/mol. The predicted octanol–water partition coefficient (Wildman–Crippen LogP) is 2.80. The summed E-state index contributed by atoms with van der Waals surface area (Å²) >= 11 is 0. The lowest BCUT2D eigenvalue weighted by Gasteiger charge is -2.12. The summed E-state index contributed by atoms with van der Waals surface area (Å²) in [4.78, 5) is 17.5. The molecule has 94 valence electrons. The first-order chi connectivity index (χ1) is 8.59. The number of fused-ring (bicyclic) bond motifs is 3. The van der Waals surface area contributed by atoms with Crippen LogP contribution < -0.4 is 0 Å². The second kappa shape index (κ2) is 3.87. The molecule has 0 saturated carbocycles. The van der Waals surface area contributed by atoms with E-state index < -0.39 is 0 Å². The van der Waals surface area contributed by atoms with Crippen molar-refractivity contribution >= 4 is 16.8 Å². The summed E-state index contributed by atoms with van der Waals surface area (Å²) < 4.78 is 0. The van der Waals surface area contributed by atoms with Gasteiger partial charge in [-0.05, 0) is 43.4 Å². The minimum Gasteiger partial charge on any atom is -0.350 e. The molecule has 0 fully saturated rings. The van der Waals surface area contributed by atoms with Gasteiger partial charge in [0.1, 0.15) is 5.69 Å². The van der Waals surface area contributed by atoms with Gasteiger partial charge in [0.05, 0.1) is 0 Å². The molecule has 1 aliphatic rings. The van der Waals surface area contributed by atoms with Crippen LogP contribution in [-0.4, -0.2) is 29.4 Å². The minimum atomic E-state index is 0.121.